The van der Waals surface area contributed by atoms with Crippen molar-refractivity contribution in [2.45, 2.75) is 161 Å². The predicted octanol–water partition coefficient (Wildman–Crippen LogP) is 8.35. The van der Waals surface area contributed by atoms with Crippen LogP contribution >= 0.6 is 7.82 Å². The fourth-order valence-electron chi connectivity index (χ4n) is 4.83. The summed E-state index contributed by atoms with van der Waals surface area (Å²) in [5, 5.41) is 23.8. The van der Waals surface area contributed by atoms with E-state index in [0.29, 0.717) is 12.8 Å². The number of rotatable bonds is 33. The quantitative estimate of drug-likeness (QED) is 0.0263. The second-order valence-corrected chi connectivity index (χ2v) is 13.7. The largest absolute Gasteiger partial charge is 0.472 e. The second-order valence-electron chi connectivity index (χ2n) is 12.2. The van der Waals surface area contributed by atoms with Crippen molar-refractivity contribution < 1.29 is 33.5 Å². The highest BCUT2D eigenvalue weighted by atomic mass is 31.2. The van der Waals surface area contributed by atoms with Crippen molar-refractivity contribution in [3.8, 4) is 0 Å². The Balaban J connectivity index is 4.56. The number of aliphatic hydroxyl groups excluding tert-OH is 2. The Labute approximate surface area is 286 Å². The van der Waals surface area contributed by atoms with E-state index in [1.807, 2.05) is 6.08 Å². The number of nitrogens with one attached hydrogen (secondary N) is 1. The molecule has 0 aliphatic rings. The number of unbranched alkanes of at least 4 members (excludes halogenated alkanes) is 13. The summed E-state index contributed by atoms with van der Waals surface area (Å²) >= 11 is 0. The third-order valence-electron chi connectivity index (χ3n) is 7.66. The molecule has 274 valence electrons. The molecule has 0 rings (SSSR count). The molecule has 0 radical (unpaired) electrons. The van der Waals surface area contributed by atoms with E-state index in [1.165, 1.54) is 57.8 Å². The normalized spacial score (nSPS) is 15.6. The molecule has 0 aromatic carbocycles. The number of carbonyl (C=O) groups excluding carboxylic acids is 1. The first kappa shape index (κ1) is 45.4. The molecule has 10 heteroatoms. The van der Waals surface area contributed by atoms with Crippen LogP contribution in [0.2, 0.25) is 0 Å². The minimum atomic E-state index is -4.41. The number of hydrogen-bond acceptors (Lipinski definition) is 7. The molecule has 0 aromatic heterocycles. The van der Waals surface area contributed by atoms with E-state index in [9.17, 15) is 24.5 Å². The van der Waals surface area contributed by atoms with E-state index in [4.69, 9.17) is 14.8 Å². The fourth-order valence-corrected chi connectivity index (χ4v) is 5.59. The molecular weight excluding hydrogens is 615 g/mol. The molecule has 4 atom stereocenters. The van der Waals surface area contributed by atoms with Gasteiger partial charge in [-0.2, -0.15) is 0 Å². The highest BCUT2D eigenvalue weighted by Crippen LogP contribution is 2.43. The van der Waals surface area contributed by atoms with Crippen molar-refractivity contribution in [3.05, 3.63) is 48.6 Å². The number of amides is 1. The van der Waals surface area contributed by atoms with Crippen molar-refractivity contribution in [2.24, 2.45) is 5.73 Å². The fraction of sp³-hybridized carbons (Fsp3) is 0.757. The topological polar surface area (TPSA) is 151 Å². The zero-order chi connectivity index (χ0) is 34.9. The van der Waals surface area contributed by atoms with Gasteiger partial charge in [0.25, 0.3) is 0 Å². The second kappa shape index (κ2) is 32.9. The summed E-state index contributed by atoms with van der Waals surface area (Å²) in [6.45, 7) is 3.83. The average molecular weight is 685 g/mol. The molecule has 6 N–H and O–H groups in total. The van der Waals surface area contributed by atoms with Gasteiger partial charge in [-0.3, -0.25) is 13.8 Å². The summed E-state index contributed by atoms with van der Waals surface area (Å²) in [4.78, 5) is 22.5. The standard InChI is InChI=1S/C37H69N2O7P/c1-3-5-7-9-11-13-14-15-16-17-18-19-20-21-23-25-27-29-36(41)35(33-46-47(43,44)45-31-30-38)39-37(42)32-34(40)28-26-24-22-12-10-8-6-4-2/h10,12,16-17,20-21,27,29,34-36,40-41H,3-9,11,13-15,18-19,22-26,28,30-33,38H2,1-2H3,(H,39,42)(H,43,44)/b12-10-,17-16+,21-20+,29-27+. The SMILES string of the molecule is CCCC/C=C\CCCCC(O)CC(=O)NC(COP(=O)(O)OCCN)C(O)/C=C/CC/C=C/CC/C=C/CCCCCCCCC. The summed E-state index contributed by atoms with van der Waals surface area (Å²) in [5.41, 5.74) is 5.33. The van der Waals surface area contributed by atoms with Crippen LogP contribution in [0.4, 0.5) is 0 Å². The number of allylic oxidation sites excluding steroid dienone is 7. The van der Waals surface area contributed by atoms with E-state index < -0.39 is 38.6 Å². The van der Waals surface area contributed by atoms with Crippen molar-refractivity contribution >= 4 is 13.7 Å². The molecule has 4 unspecified atom stereocenters. The van der Waals surface area contributed by atoms with Gasteiger partial charge in [-0.1, -0.05) is 120 Å². The van der Waals surface area contributed by atoms with Crippen molar-refractivity contribution in [1.29, 1.82) is 0 Å². The lowest BCUT2D eigenvalue weighted by Gasteiger charge is -2.24. The van der Waals surface area contributed by atoms with Crippen LogP contribution in [0.1, 0.15) is 142 Å². The third kappa shape index (κ3) is 31.4. The third-order valence-corrected chi connectivity index (χ3v) is 8.64. The van der Waals surface area contributed by atoms with Crippen LogP contribution in [-0.2, 0) is 18.4 Å². The van der Waals surface area contributed by atoms with E-state index in [0.717, 1.165) is 51.4 Å². The molecule has 1 amide bonds. The lowest BCUT2D eigenvalue weighted by molar-refractivity contribution is -0.124. The van der Waals surface area contributed by atoms with E-state index >= 15 is 0 Å². The Hall–Kier alpha value is -1.58. The van der Waals surface area contributed by atoms with Gasteiger partial charge in [0.15, 0.2) is 0 Å². The number of nitrogens with two attached hydrogens (primary N) is 1. The van der Waals surface area contributed by atoms with Crippen LogP contribution < -0.4 is 11.1 Å². The van der Waals surface area contributed by atoms with Crippen LogP contribution in [0.25, 0.3) is 0 Å². The van der Waals surface area contributed by atoms with E-state index in [2.05, 4.69) is 55.6 Å². The van der Waals surface area contributed by atoms with Gasteiger partial charge in [-0.25, -0.2) is 4.57 Å². The van der Waals surface area contributed by atoms with Gasteiger partial charge in [0.1, 0.15) is 0 Å². The van der Waals surface area contributed by atoms with E-state index in [-0.39, 0.29) is 19.6 Å². The van der Waals surface area contributed by atoms with E-state index in [1.54, 1.807) is 6.08 Å². The molecular formula is C37H69N2O7P. The zero-order valence-electron chi connectivity index (χ0n) is 29.6. The number of aliphatic hydroxyl groups is 2. The minimum absolute atomic E-state index is 0.0386. The molecule has 0 heterocycles. The summed E-state index contributed by atoms with van der Waals surface area (Å²) in [6.07, 6.45) is 35.0. The highest BCUT2D eigenvalue weighted by Gasteiger charge is 2.27. The lowest BCUT2D eigenvalue weighted by atomic mass is 10.1. The average Bonchev–Trinajstić information content (AvgIpc) is 3.04. The Bertz CT molecular complexity index is 894. The summed E-state index contributed by atoms with van der Waals surface area (Å²) < 4.78 is 21.9. The first-order chi connectivity index (χ1) is 22.8. The van der Waals surface area contributed by atoms with Crippen molar-refractivity contribution in [3.63, 3.8) is 0 Å². The van der Waals surface area contributed by atoms with Gasteiger partial charge in [0.05, 0.1) is 37.9 Å². The summed E-state index contributed by atoms with van der Waals surface area (Å²) in [5.74, 6) is -0.479. The number of carbonyl (C=O) groups is 1. The predicted molar refractivity (Wildman–Crippen MR) is 195 cm³/mol. The molecule has 0 aliphatic carbocycles. The summed E-state index contributed by atoms with van der Waals surface area (Å²) in [6, 6.07) is -1.01. The Morgan fingerprint density at radius 2 is 1.23 bits per heavy atom. The molecule has 0 aromatic rings. The van der Waals surface area contributed by atoms with Gasteiger partial charge in [0, 0.05) is 6.54 Å². The highest BCUT2D eigenvalue weighted by molar-refractivity contribution is 7.47. The molecule has 9 nitrogen and oxygen atoms in total. The van der Waals surface area contributed by atoms with Crippen LogP contribution in [0, 0.1) is 0 Å². The van der Waals surface area contributed by atoms with Gasteiger partial charge < -0.3 is 26.2 Å². The van der Waals surface area contributed by atoms with Crippen LogP contribution in [0.15, 0.2) is 48.6 Å². The molecule has 0 aliphatic heterocycles. The molecule has 0 spiro atoms. The maximum absolute atomic E-state index is 12.7. The first-order valence-corrected chi connectivity index (χ1v) is 19.8. The maximum atomic E-state index is 12.7. The molecule has 47 heavy (non-hydrogen) atoms. The first-order valence-electron chi connectivity index (χ1n) is 18.3. The van der Waals surface area contributed by atoms with Crippen molar-refractivity contribution in [1.82, 2.24) is 5.32 Å². The van der Waals surface area contributed by atoms with Crippen LogP contribution in [0.5, 0.6) is 0 Å². The zero-order valence-corrected chi connectivity index (χ0v) is 30.5. The van der Waals surface area contributed by atoms with Crippen molar-refractivity contribution in [2.75, 3.05) is 19.8 Å². The lowest BCUT2D eigenvalue weighted by Crippen LogP contribution is -2.46. The summed E-state index contributed by atoms with van der Waals surface area (Å²) in [7, 11) is -4.41. The Kier molecular flexibility index (Phi) is 31.8. The maximum Gasteiger partial charge on any atom is 0.472 e. The van der Waals surface area contributed by atoms with Gasteiger partial charge >= 0.3 is 7.82 Å². The molecule has 0 bridgehead atoms. The smallest absolute Gasteiger partial charge is 0.393 e. The van der Waals surface area contributed by atoms with Crippen LogP contribution in [-0.4, -0.2) is 59.0 Å². The van der Waals surface area contributed by atoms with Gasteiger partial charge in [-0.15, -0.1) is 0 Å². The Morgan fingerprint density at radius 1 is 0.723 bits per heavy atom. The van der Waals surface area contributed by atoms with Crippen LogP contribution in [0.3, 0.4) is 0 Å². The molecule has 0 saturated heterocycles. The molecule has 0 fully saturated rings. The molecule has 0 saturated carbocycles. The minimum Gasteiger partial charge on any atom is -0.393 e. The number of phosphoric ester groups is 1. The number of phosphoric acid groups is 1. The van der Waals surface area contributed by atoms with Gasteiger partial charge in [-0.05, 0) is 64.2 Å². The Morgan fingerprint density at radius 3 is 1.83 bits per heavy atom. The number of hydrogen-bond donors (Lipinski definition) is 5. The monoisotopic (exact) mass is 684 g/mol. The van der Waals surface area contributed by atoms with Gasteiger partial charge in [0.2, 0.25) is 5.91 Å².